The molecule has 0 amide bonds. The van der Waals surface area contributed by atoms with Gasteiger partial charge in [0.1, 0.15) is 6.61 Å². The molecule has 0 heterocycles. The number of carbonyl (C=O) groups excluding carboxylic acids is 1. The fraction of sp³-hybridized carbons (Fsp3) is 0.700. The lowest BCUT2D eigenvalue weighted by Gasteiger charge is -2.71. The number of fused-ring (bicyclic) bond motifs is 7. The van der Waals surface area contributed by atoms with Crippen LogP contribution in [0.25, 0.3) is 6.08 Å². The number of ether oxygens (including phenoxy) is 2. The predicted octanol–water partition coefficient (Wildman–Crippen LogP) is 8.18. The van der Waals surface area contributed by atoms with Crippen molar-refractivity contribution < 1.29 is 34.4 Å². The molecule has 0 bridgehead atoms. The van der Waals surface area contributed by atoms with Crippen molar-refractivity contribution >= 4 is 18.0 Å². The molecule has 8 unspecified atom stereocenters. The van der Waals surface area contributed by atoms with E-state index in [4.69, 9.17) is 9.47 Å². The highest BCUT2D eigenvalue weighted by Crippen LogP contribution is 2.76. The molecule has 0 aromatic heterocycles. The number of carbonyl (C=O) groups is 2. The molecular formula is C40H56O7. The first-order valence-corrected chi connectivity index (χ1v) is 17.8. The lowest BCUT2D eigenvalue weighted by atomic mass is 9.33. The largest absolute Gasteiger partial charge is 0.504 e. The van der Waals surface area contributed by atoms with Gasteiger partial charge in [-0.25, -0.2) is 4.79 Å². The average molecular weight is 649 g/mol. The summed E-state index contributed by atoms with van der Waals surface area (Å²) in [5, 5.41) is 31.9. The summed E-state index contributed by atoms with van der Waals surface area (Å²) < 4.78 is 11.5. The highest BCUT2D eigenvalue weighted by molar-refractivity contribution is 5.87. The van der Waals surface area contributed by atoms with E-state index >= 15 is 0 Å². The van der Waals surface area contributed by atoms with E-state index < -0.39 is 22.8 Å². The number of phenols is 1. The summed E-state index contributed by atoms with van der Waals surface area (Å²) in [6, 6.07) is 4.92. The summed E-state index contributed by atoms with van der Waals surface area (Å²) >= 11 is 0. The number of hydrogen-bond acceptors (Lipinski definition) is 6. The van der Waals surface area contributed by atoms with Crippen molar-refractivity contribution in [2.45, 2.75) is 112 Å². The smallest absolute Gasteiger partial charge is 0.330 e. The second-order valence-electron chi connectivity index (χ2n) is 17.7. The Hall–Kier alpha value is -2.80. The van der Waals surface area contributed by atoms with Crippen LogP contribution in [-0.4, -0.2) is 47.1 Å². The van der Waals surface area contributed by atoms with Crippen molar-refractivity contribution in [3.8, 4) is 11.5 Å². The number of methoxy groups -OCH3 is 1. The highest BCUT2D eigenvalue weighted by atomic mass is 16.5. The Morgan fingerprint density at radius 1 is 0.957 bits per heavy atom. The molecule has 4 saturated carbocycles. The van der Waals surface area contributed by atoms with Gasteiger partial charge in [-0.3, -0.25) is 4.79 Å². The summed E-state index contributed by atoms with van der Waals surface area (Å²) in [5.41, 5.74) is 0.360. The van der Waals surface area contributed by atoms with E-state index in [1.165, 1.54) is 24.8 Å². The van der Waals surface area contributed by atoms with Crippen LogP contribution in [0.5, 0.6) is 11.5 Å². The molecule has 1 aromatic carbocycles. The normalized spacial score (nSPS) is 40.2. The SMILES string of the molecule is COc1cc(C=CC(=O)OCC23CCC4(C(=O)O)CCC(C)(C)CC4C2=CCC2C4(C)CCC(O)C(C)(C)C4CCC23C)ccc1O. The molecule has 0 spiro atoms. The number of aromatic hydroxyl groups is 1. The summed E-state index contributed by atoms with van der Waals surface area (Å²) in [5.74, 6) is -0.129. The van der Waals surface area contributed by atoms with Gasteiger partial charge in [-0.05, 0) is 127 Å². The maximum Gasteiger partial charge on any atom is 0.330 e. The van der Waals surface area contributed by atoms with E-state index in [1.807, 2.05) is 0 Å². The van der Waals surface area contributed by atoms with Gasteiger partial charge < -0.3 is 24.8 Å². The number of aliphatic hydroxyl groups excluding tert-OH is 1. The quantitative estimate of drug-likeness (QED) is 0.162. The van der Waals surface area contributed by atoms with Crippen LogP contribution in [0.15, 0.2) is 35.9 Å². The molecule has 5 aliphatic carbocycles. The zero-order chi connectivity index (χ0) is 34.2. The van der Waals surface area contributed by atoms with Crippen molar-refractivity contribution in [2.75, 3.05) is 13.7 Å². The van der Waals surface area contributed by atoms with Gasteiger partial charge in [0, 0.05) is 11.5 Å². The zero-order valence-electron chi connectivity index (χ0n) is 29.5. The van der Waals surface area contributed by atoms with Crippen LogP contribution in [0, 0.1) is 50.2 Å². The van der Waals surface area contributed by atoms with E-state index in [0.717, 1.165) is 44.9 Å². The van der Waals surface area contributed by atoms with Crippen molar-refractivity contribution in [2.24, 2.45) is 50.2 Å². The molecule has 1 aromatic rings. The minimum atomic E-state index is -0.784. The molecule has 0 aliphatic heterocycles. The highest BCUT2D eigenvalue weighted by Gasteiger charge is 2.70. The molecule has 0 radical (unpaired) electrons. The summed E-state index contributed by atoms with van der Waals surface area (Å²) in [7, 11) is 1.49. The van der Waals surface area contributed by atoms with Crippen molar-refractivity contribution in [1.29, 1.82) is 0 Å². The standard InChI is InChI=1S/C40H56O7/c1-35(2)18-19-39(34(44)45)20-21-40(24-47-33(43)13-9-25-8-11-28(41)29(22-25)46-7)26(27(39)23-35)10-12-31-37(5)16-15-32(42)36(3,4)30(37)14-17-38(31,40)6/h8-11,13,22,27,30-32,41-42H,12,14-21,23-24H2,1-7H3,(H,44,45). The topological polar surface area (TPSA) is 113 Å². The molecule has 47 heavy (non-hydrogen) atoms. The van der Waals surface area contributed by atoms with Crippen molar-refractivity contribution in [3.63, 3.8) is 0 Å². The number of esters is 1. The van der Waals surface area contributed by atoms with Gasteiger partial charge in [-0.15, -0.1) is 0 Å². The van der Waals surface area contributed by atoms with E-state index in [2.05, 4.69) is 47.6 Å². The van der Waals surface area contributed by atoms with Gasteiger partial charge in [0.15, 0.2) is 11.5 Å². The summed E-state index contributed by atoms with van der Waals surface area (Å²) in [6.07, 6.45) is 13.5. The van der Waals surface area contributed by atoms with E-state index in [-0.39, 0.29) is 46.0 Å². The van der Waals surface area contributed by atoms with Crippen LogP contribution in [0.4, 0.5) is 0 Å². The summed E-state index contributed by atoms with van der Waals surface area (Å²) in [4.78, 5) is 26.6. The monoisotopic (exact) mass is 648 g/mol. The molecule has 4 fully saturated rings. The second kappa shape index (κ2) is 11.4. The Bertz CT molecular complexity index is 1490. The number of rotatable bonds is 6. The number of aliphatic carboxylic acids is 1. The number of aliphatic hydroxyl groups is 1. The van der Waals surface area contributed by atoms with Crippen LogP contribution < -0.4 is 4.74 Å². The van der Waals surface area contributed by atoms with E-state index in [9.17, 15) is 24.9 Å². The predicted molar refractivity (Wildman–Crippen MR) is 182 cm³/mol. The molecule has 258 valence electrons. The van der Waals surface area contributed by atoms with Gasteiger partial charge >= 0.3 is 11.9 Å². The van der Waals surface area contributed by atoms with Crippen LogP contribution in [0.3, 0.4) is 0 Å². The van der Waals surface area contributed by atoms with Gasteiger partial charge in [0.25, 0.3) is 0 Å². The van der Waals surface area contributed by atoms with Gasteiger partial charge in [-0.2, -0.15) is 0 Å². The lowest BCUT2D eigenvalue weighted by molar-refractivity contribution is -0.217. The second-order valence-corrected chi connectivity index (χ2v) is 17.7. The summed E-state index contributed by atoms with van der Waals surface area (Å²) in [6.45, 7) is 14.1. The van der Waals surface area contributed by atoms with Crippen molar-refractivity contribution in [1.82, 2.24) is 0 Å². The van der Waals surface area contributed by atoms with E-state index in [1.54, 1.807) is 18.2 Å². The van der Waals surface area contributed by atoms with Crippen molar-refractivity contribution in [3.05, 3.63) is 41.5 Å². The molecule has 7 heteroatoms. The van der Waals surface area contributed by atoms with Crippen LogP contribution >= 0.6 is 0 Å². The maximum atomic E-state index is 13.5. The lowest BCUT2D eigenvalue weighted by Crippen LogP contribution is -2.66. The third-order valence-corrected chi connectivity index (χ3v) is 14.8. The Morgan fingerprint density at radius 2 is 1.68 bits per heavy atom. The minimum Gasteiger partial charge on any atom is -0.504 e. The Morgan fingerprint density at radius 3 is 2.38 bits per heavy atom. The van der Waals surface area contributed by atoms with Crippen LogP contribution in [0.1, 0.15) is 111 Å². The molecular weight excluding hydrogens is 592 g/mol. The molecule has 6 rings (SSSR count). The molecule has 7 nitrogen and oxygen atoms in total. The van der Waals surface area contributed by atoms with Gasteiger partial charge in [0.05, 0.1) is 18.6 Å². The minimum absolute atomic E-state index is 0.0137. The van der Waals surface area contributed by atoms with E-state index in [0.29, 0.717) is 42.4 Å². The average Bonchev–Trinajstić information content (AvgIpc) is 3.01. The Balaban J connectivity index is 1.40. The number of carboxylic acid groups (broad SMARTS) is 1. The first kappa shape index (κ1) is 34.1. The van der Waals surface area contributed by atoms with Crippen LogP contribution in [0.2, 0.25) is 0 Å². The fourth-order valence-corrected chi connectivity index (χ4v) is 11.9. The number of phenolic OH excluding ortho intramolecular Hbond substituents is 1. The number of carboxylic acids is 1. The maximum absolute atomic E-state index is 13.5. The molecule has 3 N–H and O–H groups in total. The molecule has 5 aliphatic rings. The van der Waals surface area contributed by atoms with Crippen LogP contribution in [-0.2, 0) is 14.3 Å². The number of allylic oxidation sites excluding steroid dienone is 1. The van der Waals surface area contributed by atoms with Gasteiger partial charge in [-0.1, -0.05) is 59.3 Å². The fourth-order valence-electron chi connectivity index (χ4n) is 11.9. The Kier molecular flexibility index (Phi) is 8.26. The van der Waals surface area contributed by atoms with Gasteiger partial charge in [0.2, 0.25) is 0 Å². The first-order valence-electron chi connectivity index (χ1n) is 17.8. The number of hydrogen-bond donors (Lipinski definition) is 3. The molecule has 0 saturated heterocycles. The Labute approximate surface area is 280 Å². The number of benzene rings is 1. The zero-order valence-corrected chi connectivity index (χ0v) is 29.5. The first-order chi connectivity index (χ1) is 22.0. The third kappa shape index (κ3) is 5.08. The third-order valence-electron chi connectivity index (χ3n) is 14.8. The molecule has 8 atom stereocenters.